The first kappa shape index (κ1) is 16.8. The minimum Gasteiger partial charge on any atom is -0.493 e. The van der Waals surface area contributed by atoms with Crippen LogP contribution in [0.3, 0.4) is 0 Å². The Hall–Kier alpha value is -2.22. The van der Waals surface area contributed by atoms with Crippen LogP contribution in [-0.2, 0) is 0 Å². The molecule has 1 aromatic rings. The first-order chi connectivity index (χ1) is 9.89. The summed E-state index contributed by atoms with van der Waals surface area (Å²) < 4.78 is 10.7. The van der Waals surface area contributed by atoms with Gasteiger partial charge in [0.1, 0.15) is 0 Å². The van der Waals surface area contributed by atoms with Crippen LogP contribution in [-0.4, -0.2) is 24.8 Å². The number of methoxy groups -OCH3 is 1. The van der Waals surface area contributed by atoms with Crippen molar-refractivity contribution in [3.63, 3.8) is 0 Å². The number of benzene rings is 1. The Bertz CT molecular complexity index is 532. The number of rotatable bonds is 8. The maximum Gasteiger partial charge on any atom is 0.335 e. The summed E-state index contributed by atoms with van der Waals surface area (Å²) in [5.74, 6) is -0.0624. The van der Waals surface area contributed by atoms with Crippen molar-refractivity contribution in [2.45, 2.75) is 33.1 Å². The fraction of sp³-hybridized carbons (Fsp3) is 0.500. The van der Waals surface area contributed by atoms with E-state index in [4.69, 9.17) is 19.8 Å². The molecule has 1 N–H and O–H groups in total. The average molecular weight is 291 g/mol. The molecule has 0 bridgehead atoms. The van der Waals surface area contributed by atoms with Gasteiger partial charge < -0.3 is 14.6 Å². The Morgan fingerprint density at radius 2 is 2.05 bits per heavy atom. The van der Waals surface area contributed by atoms with Crippen LogP contribution in [0.4, 0.5) is 0 Å². The highest BCUT2D eigenvalue weighted by Gasteiger charge is 2.15. The fourth-order valence-corrected chi connectivity index (χ4v) is 1.83. The van der Waals surface area contributed by atoms with Crippen LogP contribution in [0, 0.1) is 16.7 Å². The highest BCUT2D eigenvalue weighted by Crippen LogP contribution is 2.28. The summed E-state index contributed by atoms with van der Waals surface area (Å²) in [6.45, 7) is 4.28. The number of aromatic carboxylic acids is 1. The third kappa shape index (κ3) is 5.35. The van der Waals surface area contributed by atoms with Crippen molar-refractivity contribution in [3.05, 3.63) is 23.8 Å². The molecule has 0 amide bonds. The molecule has 0 fully saturated rings. The molecule has 5 heteroatoms. The van der Waals surface area contributed by atoms with Crippen LogP contribution < -0.4 is 9.47 Å². The summed E-state index contributed by atoms with van der Waals surface area (Å²) in [4.78, 5) is 10.9. The van der Waals surface area contributed by atoms with Gasteiger partial charge in [0.05, 0.1) is 30.8 Å². The molecule has 0 atom stereocenters. The van der Waals surface area contributed by atoms with Crippen molar-refractivity contribution in [2.24, 2.45) is 5.41 Å². The third-order valence-corrected chi connectivity index (χ3v) is 3.17. The molecule has 0 radical (unpaired) electrons. The Morgan fingerprint density at radius 3 is 2.62 bits per heavy atom. The monoisotopic (exact) mass is 291 g/mol. The Labute approximate surface area is 125 Å². The van der Waals surface area contributed by atoms with Gasteiger partial charge >= 0.3 is 5.97 Å². The quantitative estimate of drug-likeness (QED) is 0.741. The zero-order valence-corrected chi connectivity index (χ0v) is 12.7. The number of ether oxygens (including phenoxy) is 2. The van der Waals surface area contributed by atoms with Crippen LogP contribution in [0.1, 0.15) is 43.5 Å². The first-order valence-electron chi connectivity index (χ1n) is 6.85. The molecule has 0 heterocycles. The average Bonchev–Trinajstić information content (AvgIpc) is 2.46. The second-order valence-electron chi connectivity index (χ2n) is 5.47. The van der Waals surface area contributed by atoms with Gasteiger partial charge in [0.15, 0.2) is 11.5 Å². The minimum atomic E-state index is -1.00. The Kier molecular flexibility index (Phi) is 6.04. The molecular weight excluding hydrogens is 270 g/mol. The Balaban J connectivity index is 2.53. The van der Waals surface area contributed by atoms with Gasteiger partial charge in [-0.25, -0.2) is 4.79 Å². The van der Waals surface area contributed by atoms with E-state index in [0.29, 0.717) is 18.1 Å². The number of carboxylic acid groups (broad SMARTS) is 1. The van der Waals surface area contributed by atoms with E-state index in [1.807, 2.05) is 13.8 Å². The predicted molar refractivity (Wildman–Crippen MR) is 78.7 cm³/mol. The van der Waals surface area contributed by atoms with Crippen LogP contribution in [0.5, 0.6) is 11.5 Å². The standard InChI is InChI=1S/C16H21NO4/c1-16(2,11-17)8-4-5-9-21-14-10-12(15(18)19)6-7-13(14)20-3/h6-7,10H,4-5,8-9H2,1-3H3,(H,18,19). The molecule has 0 aromatic heterocycles. The smallest absolute Gasteiger partial charge is 0.335 e. The van der Waals surface area contributed by atoms with E-state index in [1.165, 1.54) is 19.2 Å². The molecule has 0 unspecified atom stereocenters. The van der Waals surface area contributed by atoms with Crippen molar-refractivity contribution in [3.8, 4) is 17.6 Å². The number of nitrogens with zero attached hydrogens (tertiary/aromatic N) is 1. The number of hydrogen-bond acceptors (Lipinski definition) is 4. The molecule has 5 nitrogen and oxygen atoms in total. The lowest BCUT2D eigenvalue weighted by Gasteiger charge is -2.15. The van der Waals surface area contributed by atoms with Gasteiger partial charge in [-0.3, -0.25) is 0 Å². The zero-order chi connectivity index (χ0) is 15.9. The maximum atomic E-state index is 10.9. The topological polar surface area (TPSA) is 79.6 Å². The first-order valence-corrected chi connectivity index (χ1v) is 6.85. The molecular formula is C16H21NO4. The SMILES string of the molecule is COc1ccc(C(=O)O)cc1OCCCCC(C)(C)C#N. The lowest BCUT2D eigenvalue weighted by Crippen LogP contribution is -2.08. The van der Waals surface area contributed by atoms with Crippen LogP contribution in [0.25, 0.3) is 0 Å². The van der Waals surface area contributed by atoms with Gasteiger partial charge in [0, 0.05) is 0 Å². The molecule has 0 aliphatic carbocycles. The predicted octanol–water partition coefficient (Wildman–Crippen LogP) is 3.49. The lowest BCUT2D eigenvalue weighted by atomic mass is 9.89. The highest BCUT2D eigenvalue weighted by atomic mass is 16.5. The summed E-state index contributed by atoms with van der Waals surface area (Å²) in [5, 5.41) is 17.9. The van der Waals surface area contributed by atoms with Crippen LogP contribution in [0.2, 0.25) is 0 Å². The fourth-order valence-electron chi connectivity index (χ4n) is 1.83. The highest BCUT2D eigenvalue weighted by molar-refractivity contribution is 5.88. The van der Waals surface area contributed by atoms with Gasteiger partial charge in [-0.2, -0.15) is 5.26 Å². The minimum absolute atomic E-state index is 0.163. The summed E-state index contributed by atoms with van der Waals surface area (Å²) in [5.41, 5.74) is -0.155. The Morgan fingerprint density at radius 1 is 1.33 bits per heavy atom. The van der Waals surface area contributed by atoms with E-state index in [2.05, 4.69) is 6.07 Å². The maximum absolute atomic E-state index is 10.9. The number of nitriles is 1. The van der Waals surface area contributed by atoms with E-state index in [9.17, 15) is 4.79 Å². The van der Waals surface area contributed by atoms with Gasteiger partial charge in [0.25, 0.3) is 0 Å². The molecule has 21 heavy (non-hydrogen) atoms. The molecule has 0 spiro atoms. The van der Waals surface area contributed by atoms with Crippen molar-refractivity contribution < 1.29 is 19.4 Å². The molecule has 1 rings (SSSR count). The van der Waals surface area contributed by atoms with Gasteiger partial charge in [0.2, 0.25) is 0 Å². The normalized spacial score (nSPS) is 10.8. The summed E-state index contributed by atoms with van der Waals surface area (Å²) >= 11 is 0. The lowest BCUT2D eigenvalue weighted by molar-refractivity contribution is 0.0696. The van der Waals surface area contributed by atoms with Gasteiger partial charge in [-0.05, 0) is 51.3 Å². The third-order valence-electron chi connectivity index (χ3n) is 3.17. The van der Waals surface area contributed by atoms with Crippen LogP contribution in [0.15, 0.2) is 18.2 Å². The molecule has 0 aliphatic heterocycles. The van der Waals surface area contributed by atoms with Gasteiger partial charge in [-0.15, -0.1) is 0 Å². The van der Waals surface area contributed by atoms with E-state index in [1.54, 1.807) is 6.07 Å². The van der Waals surface area contributed by atoms with E-state index in [0.717, 1.165) is 19.3 Å². The second kappa shape index (κ2) is 7.53. The number of carboxylic acids is 1. The van der Waals surface area contributed by atoms with E-state index >= 15 is 0 Å². The zero-order valence-electron chi connectivity index (χ0n) is 12.7. The van der Waals surface area contributed by atoms with Gasteiger partial charge in [-0.1, -0.05) is 0 Å². The summed E-state index contributed by atoms with van der Waals surface area (Å²) in [7, 11) is 1.51. The van der Waals surface area contributed by atoms with E-state index < -0.39 is 5.97 Å². The van der Waals surface area contributed by atoms with Crippen molar-refractivity contribution in [2.75, 3.05) is 13.7 Å². The number of hydrogen-bond donors (Lipinski definition) is 1. The van der Waals surface area contributed by atoms with Crippen molar-refractivity contribution in [1.29, 1.82) is 5.26 Å². The molecule has 1 aromatic carbocycles. The molecule has 0 saturated carbocycles. The largest absolute Gasteiger partial charge is 0.493 e. The molecule has 114 valence electrons. The molecule has 0 aliphatic rings. The number of unbranched alkanes of at least 4 members (excludes halogenated alkanes) is 1. The van der Waals surface area contributed by atoms with Crippen LogP contribution >= 0.6 is 0 Å². The van der Waals surface area contributed by atoms with E-state index in [-0.39, 0.29) is 11.0 Å². The van der Waals surface area contributed by atoms with Crippen molar-refractivity contribution in [1.82, 2.24) is 0 Å². The van der Waals surface area contributed by atoms with Crippen molar-refractivity contribution >= 4 is 5.97 Å². The summed E-state index contributed by atoms with van der Waals surface area (Å²) in [6.07, 6.45) is 2.48. The molecule has 0 saturated heterocycles. The number of carbonyl (C=O) groups is 1. The summed E-state index contributed by atoms with van der Waals surface area (Å²) in [6, 6.07) is 6.78. The second-order valence-corrected chi connectivity index (χ2v) is 5.47.